The van der Waals surface area contributed by atoms with Crippen LogP contribution in [0.5, 0.6) is 0 Å². The summed E-state index contributed by atoms with van der Waals surface area (Å²) in [5, 5.41) is 0. The predicted molar refractivity (Wildman–Crippen MR) is 112 cm³/mol. The van der Waals surface area contributed by atoms with Gasteiger partial charge in [0.2, 0.25) is 0 Å². The van der Waals surface area contributed by atoms with Gasteiger partial charge in [-0.3, -0.25) is 0 Å². The van der Waals surface area contributed by atoms with Crippen molar-refractivity contribution in [2.45, 2.75) is 4.90 Å². The zero-order chi connectivity index (χ0) is 18.0. The number of carbonyl (C=O) groups excluding carboxylic acids is 1. The second-order valence-corrected chi connectivity index (χ2v) is 8.55. The molecule has 128 valence electrons. The van der Waals surface area contributed by atoms with Crippen molar-refractivity contribution in [3.63, 3.8) is 0 Å². The first-order valence-electron chi connectivity index (χ1n) is 8.23. The van der Waals surface area contributed by atoms with Gasteiger partial charge in [0.05, 0.1) is 0 Å². The molecule has 3 aromatic carbocycles. The summed E-state index contributed by atoms with van der Waals surface area (Å²) in [7, 11) is 0. The van der Waals surface area contributed by atoms with Gasteiger partial charge in [0.1, 0.15) is 0 Å². The standard InChI is InChI=1S/C23H18OSSe/c24-23(19-10-4-1-5-11-19)17-16-21(25-20-12-6-2-7-13-20)18-26-22-14-8-3-9-15-22/h1-18H/b17-16+,21-18-. The van der Waals surface area contributed by atoms with Gasteiger partial charge in [-0.05, 0) is 0 Å². The maximum absolute atomic E-state index is 12.4. The molecular weight excluding hydrogens is 403 g/mol. The Balaban J connectivity index is 1.78. The van der Waals surface area contributed by atoms with Crippen LogP contribution in [0.25, 0.3) is 0 Å². The molecule has 0 radical (unpaired) electrons. The summed E-state index contributed by atoms with van der Waals surface area (Å²) in [5.74, 6) is 0.0253. The summed E-state index contributed by atoms with van der Waals surface area (Å²) in [6, 6.07) is 30.0. The summed E-state index contributed by atoms with van der Waals surface area (Å²) in [5.41, 5.74) is 0.710. The Kier molecular flexibility index (Phi) is 7.09. The van der Waals surface area contributed by atoms with Crippen molar-refractivity contribution in [3.8, 4) is 0 Å². The molecule has 0 saturated carbocycles. The second-order valence-electron chi connectivity index (χ2n) is 5.43. The van der Waals surface area contributed by atoms with E-state index in [0.29, 0.717) is 5.56 Å². The molecule has 0 atom stereocenters. The molecule has 3 heteroatoms. The predicted octanol–water partition coefficient (Wildman–Crippen LogP) is 5.09. The molecule has 0 fully saturated rings. The first-order valence-corrected chi connectivity index (χ1v) is 10.9. The molecule has 0 aromatic heterocycles. The van der Waals surface area contributed by atoms with Crippen LogP contribution in [0.2, 0.25) is 0 Å². The number of hydrogen-bond acceptors (Lipinski definition) is 2. The first-order chi connectivity index (χ1) is 12.8. The number of allylic oxidation sites excluding steroid dienone is 2. The zero-order valence-corrected chi connectivity index (χ0v) is 16.6. The SMILES string of the molecule is O=C(/C=C/C(=C/[Se]c1ccccc1)Sc1ccccc1)c1ccccc1. The Morgan fingerprint density at radius 1 is 0.731 bits per heavy atom. The minimum absolute atomic E-state index is 0.0253. The van der Waals surface area contributed by atoms with E-state index in [-0.39, 0.29) is 20.7 Å². The average Bonchev–Trinajstić information content (AvgIpc) is 2.72. The topological polar surface area (TPSA) is 17.1 Å². The van der Waals surface area contributed by atoms with Crippen molar-refractivity contribution in [1.29, 1.82) is 0 Å². The molecule has 1 nitrogen and oxygen atoms in total. The van der Waals surface area contributed by atoms with Crippen LogP contribution >= 0.6 is 11.8 Å². The van der Waals surface area contributed by atoms with Gasteiger partial charge < -0.3 is 0 Å². The number of hydrogen-bond donors (Lipinski definition) is 0. The van der Waals surface area contributed by atoms with E-state index in [1.807, 2.05) is 60.7 Å². The molecule has 3 aromatic rings. The van der Waals surface area contributed by atoms with E-state index < -0.39 is 0 Å². The van der Waals surface area contributed by atoms with Gasteiger partial charge in [-0.25, -0.2) is 0 Å². The van der Waals surface area contributed by atoms with E-state index in [1.54, 1.807) is 17.8 Å². The Labute approximate surface area is 165 Å². The zero-order valence-electron chi connectivity index (χ0n) is 14.1. The van der Waals surface area contributed by atoms with Gasteiger partial charge in [0.25, 0.3) is 0 Å². The number of carbonyl (C=O) groups is 1. The van der Waals surface area contributed by atoms with Crippen LogP contribution in [0.3, 0.4) is 0 Å². The van der Waals surface area contributed by atoms with E-state index in [2.05, 4.69) is 41.4 Å². The molecule has 0 N–H and O–H groups in total. The Morgan fingerprint density at radius 2 is 1.31 bits per heavy atom. The fourth-order valence-corrected chi connectivity index (χ4v) is 4.86. The van der Waals surface area contributed by atoms with Crippen molar-refractivity contribution in [2.24, 2.45) is 0 Å². The molecule has 0 spiro atoms. The third-order valence-electron chi connectivity index (χ3n) is 3.49. The quantitative estimate of drug-likeness (QED) is 0.174. The fourth-order valence-electron chi connectivity index (χ4n) is 2.20. The summed E-state index contributed by atoms with van der Waals surface area (Å²) < 4.78 is 1.31. The van der Waals surface area contributed by atoms with E-state index in [1.165, 1.54) is 9.36 Å². The van der Waals surface area contributed by atoms with E-state index >= 15 is 0 Å². The van der Waals surface area contributed by atoms with E-state index in [9.17, 15) is 4.79 Å². The van der Waals surface area contributed by atoms with Crippen LogP contribution < -0.4 is 4.46 Å². The maximum atomic E-state index is 12.4. The molecule has 0 saturated heterocycles. The monoisotopic (exact) mass is 422 g/mol. The van der Waals surface area contributed by atoms with Crippen molar-refractivity contribution in [1.82, 2.24) is 0 Å². The van der Waals surface area contributed by atoms with Crippen LogP contribution in [-0.4, -0.2) is 20.7 Å². The van der Waals surface area contributed by atoms with E-state index in [0.717, 1.165) is 4.91 Å². The van der Waals surface area contributed by atoms with Crippen LogP contribution in [0, 0.1) is 0 Å². The molecule has 0 heterocycles. The van der Waals surface area contributed by atoms with Crippen LogP contribution in [-0.2, 0) is 0 Å². The third kappa shape index (κ3) is 5.89. The molecular formula is C23H18OSSe. The Morgan fingerprint density at radius 3 is 1.96 bits per heavy atom. The first kappa shape index (κ1) is 18.5. The Hall–Kier alpha value is -2.32. The number of rotatable bonds is 7. The van der Waals surface area contributed by atoms with Crippen LogP contribution in [0.15, 0.2) is 118 Å². The Bertz CT molecular complexity index is 887. The molecule has 3 rings (SSSR count). The summed E-state index contributed by atoms with van der Waals surface area (Å²) in [6.07, 6.45) is 3.59. The van der Waals surface area contributed by atoms with Crippen LogP contribution in [0.1, 0.15) is 10.4 Å². The van der Waals surface area contributed by atoms with Gasteiger partial charge >= 0.3 is 165 Å². The van der Waals surface area contributed by atoms with Crippen LogP contribution in [0.4, 0.5) is 0 Å². The number of ketones is 1. The summed E-state index contributed by atoms with van der Waals surface area (Å²) >= 11 is 1.90. The van der Waals surface area contributed by atoms with Gasteiger partial charge in [0, 0.05) is 0 Å². The number of benzene rings is 3. The van der Waals surface area contributed by atoms with Crippen molar-refractivity contribution in [3.05, 3.63) is 119 Å². The van der Waals surface area contributed by atoms with Crippen molar-refractivity contribution in [2.75, 3.05) is 0 Å². The van der Waals surface area contributed by atoms with Gasteiger partial charge in [0.15, 0.2) is 0 Å². The molecule has 26 heavy (non-hydrogen) atoms. The molecule has 0 aliphatic heterocycles. The summed E-state index contributed by atoms with van der Waals surface area (Å²) in [6.45, 7) is 0. The second kappa shape index (κ2) is 9.98. The molecule has 0 amide bonds. The molecule has 0 bridgehead atoms. The molecule has 0 unspecified atom stereocenters. The summed E-state index contributed by atoms with van der Waals surface area (Å²) in [4.78, 5) is 16.8. The normalized spacial score (nSPS) is 11.6. The van der Waals surface area contributed by atoms with E-state index in [4.69, 9.17) is 0 Å². The molecule has 0 aliphatic carbocycles. The van der Waals surface area contributed by atoms with Gasteiger partial charge in [-0.1, -0.05) is 0 Å². The number of thioether (sulfide) groups is 1. The third-order valence-corrected chi connectivity index (χ3v) is 6.75. The van der Waals surface area contributed by atoms with Crippen molar-refractivity contribution >= 4 is 37.0 Å². The minimum atomic E-state index is 0.0253. The fraction of sp³-hybridized carbons (Fsp3) is 0. The van der Waals surface area contributed by atoms with Gasteiger partial charge in [-0.2, -0.15) is 0 Å². The van der Waals surface area contributed by atoms with Crippen molar-refractivity contribution < 1.29 is 4.79 Å². The average molecular weight is 421 g/mol. The van der Waals surface area contributed by atoms with Gasteiger partial charge in [-0.15, -0.1) is 0 Å². The molecule has 0 aliphatic rings.